The molecule has 0 amide bonds. The first-order chi connectivity index (χ1) is 9.09. The van der Waals surface area contributed by atoms with Gasteiger partial charge in [0.1, 0.15) is 0 Å². The lowest BCUT2D eigenvalue weighted by atomic mass is 9.97. The number of nitrogens with one attached hydrogen (secondary N) is 1. The molecule has 0 aliphatic rings. The summed E-state index contributed by atoms with van der Waals surface area (Å²) in [5, 5.41) is 3.66. The van der Waals surface area contributed by atoms with Gasteiger partial charge in [-0.25, -0.2) is 0 Å². The number of benzene rings is 1. The first-order valence-electron chi connectivity index (χ1n) is 7.88. The quantitative estimate of drug-likeness (QED) is 0.660. The molecule has 1 nitrogen and oxygen atoms in total. The molecule has 0 saturated heterocycles. The highest BCUT2D eigenvalue weighted by Gasteiger charge is 2.06. The van der Waals surface area contributed by atoms with E-state index in [-0.39, 0.29) is 0 Å². The summed E-state index contributed by atoms with van der Waals surface area (Å²) in [5.41, 5.74) is 1.46. The fraction of sp³-hybridized carbons (Fsp3) is 0.667. The number of hydrogen-bond acceptors (Lipinski definition) is 1. The minimum atomic E-state index is 0.650. The van der Waals surface area contributed by atoms with E-state index in [1.807, 2.05) is 0 Å². The fourth-order valence-electron chi connectivity index (χ4n) is 2.43. The molecule has 1 aromatic rings. The van der Waals surface area contributed by atoms with E-state index < -0.39 is 0 Å². The summed E-state index contributed by atoms with van der Waals surface area (Å²) < 4.78 is 0. The Morgan fingerprint density at radius 1 is 0.895 bits per heavy atom. The van der Waals surface area contributed by atoms with Crippen LogP contribution < -0.4 is 5.32 Å². The third-order valence-corrected chi connectivity index (χ3v) is 3.86. The predicted molar refractivity (Wildman–Crippen MR) is 85.6 cm³/mol. The Morgan fingerprint density at radius 3 is 2.21 bits per heavy atom. The molecule has 1 heteroatoms. The van der Waals surface area contributed by atoms with E-state index in [1.165, 1.54) is 31.2 Å². The average molecular weight is 261 g/mol. The van der Waals surface area contributed by atoms with Crippen LogP contribution in [-0.2, 0) is 0 Å². The van der Waals surface area contributed by atoms with Crippen LogP contribution in [0.15, 0.2) is 30.3 Å². The van der Waals surface area contributed by atoms with Gasteiger partial charge < -0.3 is 5.32 Å². The van der Waals surface area contributed by atoms with Crippen molar-refractivity contribution in [3.63, 3.8) is 0 Å². The smallest absolute Gasteiger partial charge is 0.00387 e. The maximum Gasteiger partial charge on any atom is 0.00387 e. The second-order valence-electron chi connectivity index (χ2n) is 6.28. The largest absolute Gasteiger partial charge is 0.314 e. The summed E-state index contributed by atoms with van der Waals surface area (Å²) in [6.07, 6.45) is 5.23. The van der Waals surface area contributed by atoms with E-state index in [0.29, 0.717) is 12.0 Å². The molecule has 0 fully saturated rings. The molecule has 2 unspecified atom stereocenters. The van der Waals surface area contributed by atoms with Crippen LogP contribution in [0.4, 0.5) is 0 Å². The molecule has 0 aliphatic carbocycles. The van der Waals surface area contributed by atoms with Crippen molar-refractivity contribution < 1.29 is 0 Å². The lowest BCUT2D eigenvalue weighted by Crippen LogP contribution is -2.27. The molecule has 1 rings (SSSR count). The van der Waals surface area contributed by atoms with Gasteiger partial charge in [0.25, 0.3) is 0 Å². The van der Waals surface area contributed by atoms with Crippen LogP contribution >= 0.6 is 0 Å². The van der Waals surface area contributed by atoms with Gasteiger partial charge >= 0.3 is 0 Å². The van der Waals surface area contributed by atoms with Gasteiger partial charge in [-0.3, -0.25) is 0 Å². The molecule has 0 aliphatic heterocycles. The van der Waals surface area contributed by atoms with Crippen LogP contribution in [0.1, 0.15) is 64.9 Å². The summed E-state index contributed by atoms with van der Waals surface area (Å²) in [5.74, 6) is 1.49. The Labute approximate surface area is 119 Å². The molecule has 1 N–H and O–H groups in total. The summed E-state index contributed by atoms with van der Waals surface area (Å²) in [6, 6.07) is 11.5. The maximum atomic E-state index is 3.66. The maximum absolute atomic E-state index is 3.66. The van der Waals surface area contributed by atoms with Gasteiger partial charge in [-0.1, -0.05) is 63.9 Å². The van der Waals surface area contributed by atoms with Gasteiger partial charge in [0.05, 0.1) is 0 Å². The summed E-state index contributed by atoms with van der Waals surface area (Å²) >= 11 is 0. The summed E-state index contributed by atoms with van der Waals surface area (Å²) in [6.45, 7) is 10.4. The zero-order valence-electron chi connectivity index (χ0n) is 13.2. The highest BCUT2D eigenvalue weighted by Crippen LogP contribution is 2.17. The number of hydrogen-bond donors (Lipinski definition) is 1. The van der Waals surface area contributed by atoms with Crippen molar-refractivity contribution in [3.8, 4) is 0 Å². The zero-order chi connectivity index (χ0) is 14.1. The molecular formula is C18H31N. The average Bonchev–Trinajstić information content (AvgIpc) is 2.39. The Hall–Kier alpha value is -0.820. The molecular weight excluding hydrogens is 230 g/mol. The van der Waals surface area contributed by atoms with Gasteiger partial charge in [-0.15, -0.1) is 0 Å². The lowest BCUT2D eigenvalue weighted by Gasteiger charge is -2.17. The van der Waals surface area contributed by atoms with Crippen LogP contribution in [0.3, 0.4) is 0 Å². The first-order valence-corrected chi connectivity index (χ1v) is 7.88. The van der Waals surface area contributed by atoms with Gasteiger partial charge in [0, 0.05) is 6.04 Å². The number of rotatable bonds is 9. The second-order valence-corrected chi connectivity index (χ2v) is 6.28. The minimum absolute atomic E-state index is 0.650. The zero-order valence-corrected chi connectivity index (χ0v) is 13.2. The van der Waals surface area contributed by atoms with Crippen molar-refractivity contribution in [3.05, 3.63) is 35.9 Å². The molecule has 108 valence electrons. The fourth-order valence-corrected chi connectivity index (χ4v) is 2.43. The van der Waals surface area contributed by atoms with Crippen LogP contribution in [-0.4, -0.2) is 12.6 Å². The van der Waals surface area contributed by atoms with Crippen molar-refractivity contribution in [1.29, 1.82) is 0 Å². The Kier molecular flexibility index (Phi) is 7.81. The highest BCUT2D eigenvalue weighted by molar-refractivity contribution is 5.18. The third-order valence-electron chi connectivity index (χ3n) is 3.86. The monoisotopic (exact) mass is 261 g/mol. The van der Waals surface area contributed by atoms with Crippen molar-refractivity contribution in [2.24, 2.45) is 5.92 Å². The molecule has 0 bridgehead atoms. The molecule has 0 spiro atoms. The standard InChI is InChI=1S/C18H31N/c1-15(2)9-8-10-17(4)19-14-13-16(3)18-11-6-5-7-12-18/h5-7,11-12,15-17,19H,8-10,13-14H2,1-4H3. The van der Waals surface area contributed by atoms with E-state index in [4.69, 9.17) is 0 Å². The molecule has 1 aromatic carbocycles. The summed E-state index contributed by atoms with van der Waals surface area (Å²) in [4.78, 5) is 0. The topological polar surface area (TPSA) is 12.0 Å². The minimum Gasteiger partial charge on any atom is -0.314 e. The Morgan fingerprint density at radius 2 is 1.58 bits per heavy atom. The molecule has 0 radical (unpaired) electrons. The van der Waals surface area contributed by atoms with E-state index in [0.717, 1.165) is 12.5 Å². The van der Waals surface area contributed by atoms with Crippen LogP contribution in [0, 0.1) is 5.92 Å². The lowest BCUT2D eigenvalue weighted by molar-refractivity contribution is 0.448. The van der Waals surface area contributed by atoms with E-state index >= 15 is 0 Å². The van der Waals surface area contributed by atoms with Crippen LogP contribution in [0.25, 0.3) is 0 Å². The van der Waals surface area contributed by atoms with Crippen molar-refractivity contribution in [2.45, 2.75) is 65.3 Å². The van der Waals surface area contributed by atoms with Gasteiger partial charge in [0.2, 0.25) is 0 Å². The van der Waals surface area contributed by atoms with Gasteiger partial charge in [-0.05, 0) is 43.7 Å². The highest BCUT2D eigenvalue weighted by atomic mass is 14.9. The van der Waals surface area contributed by atoms with E-state index in [9.17, 15) is 0 Å². The van der Waals surface area contributed by atoms with Crippen LogP contribution in [0.5, 0.6) is 0 Å². The van der Waals surface area contributed by atoms with Crippen molar-refractivity contribution >= 4 is 0 Å². The second kappa shape index (κ2) is 9.14. The van der Waals surface area contributed by atoms with Crippen molar-refractivity contribution in [1.82, 2.24) is 5.32 Å². The van der Waals surface area contributed by atoms with E-state index in [1.54, 1.807) is 0 Å². The molecule has 0 aromatic heterocycles. The van der Waals surface area contributed by atoms with E-state index in [2.05, 4.69) is 63.3 Å². The molecule has 0 heterocycles. The van der Waals surface area contributed by atoms with Crippen LogP contribution in [0.2, 0.25) is 0 Å². The first kappa shape index (κ1) is 16.2. The third kappa shape index (κ3) is 7.37. The SMILES string of the molecule is CC(C)CCCC(C)NCCC(C)c1ccccc1. The molecule has 0 saturated carbocycles. The summed E-state index contributed by atoms with van der Waals surface area (Å²) in [7, 11) is 0. The Balaban J connectivity index is 2.12. The molecule has 2 atom stereocenters. The Bertz CT molecular complexity index is 318. The normalized spacial score (nSPS) is 14.6. The van der Waals surface area contributed by atoms with Gasteiger partial charge in [-0.2, -0.15) is 0 Å². The predicted octanol–water partition coefficient (Wildman–Crippen LogP) is 4.98. The van der Waals surface area contributed by atoms with Gasteiger partial charge in [0.15, 0.2) is 0 Å². The van der Waals surface area contributed by atoms with Crippen molar-refractivity contribution in [2.75, 3.05) is 6.54 Å². The molecule has 19 heavy (non-hydrogen) atoms.